The highest BCUT2D eigenvalue weighted by molar-refractivity contribution is 7.41. The van der Waals surface area contributed by atoms with E-state index < -0.39 is 0 Å². The molecular weight excluding hydrogens is 163 g/mol. The molecule has 0 rings (SSSR count). The molecule has 0 aliphatic carbocycles. The molecule has 0 amide bonds. The second kappa shape index (κ2) is 11.2. The average Bonchev–Trinajstić information content (AvgIpc) is 2.10. The number of unbranched alkanes of at least 4 members (excludes halogenated alkanes) is 4. The van der Waals surface area contributed by atoms with Crippen molar-refractivity contribution in [2.45, 2.75) is 52.4 Å². The van der Waals surface area contributed by atoms with Crippen molar-refractivity contribution in [2.24, 2.45) is 0 Å². The molecular formula is C11H23P. The van der Waals surface area contributed by atoms with Crippen LogP contribution in [0.5, 0.6) is 0 Å². The lowest BCUT2D eigenvalue weighted by molar-refractivity contribution is 0.778. The van der Waals surface area contributed by atoms with E-state index in [9.17, 15) is 0 Å². The molecule has 0 spiro atoms. The summed E-state index contributed by atoms with van der Waals surface area (Å²) in [5.41, 5.74) is 0. The summed E-state index contributed by atoms with van der Waals surface area (Å²) in [6.45, 7) is 4.51. The van der Waals surface area contributed by atoms with E-state index in [1.807, 2.05) is 0 Å². The molecule has 1 atom stereocenters. The van der Waals surface area contributed by atoms with Gasteiger partial charge in [-0.3, -0.25) is 0 Å². The molecule has 0 aliphatic rings. The molecule has 0 saturated carbocycles. The van der Waals surface area contributed by atoms with E-state index in [2.05, 4.69) is 25.7 Å². The van der Waals surface area contributed by atoms with Crippen molar-refractivity contribution in [2.75, 3.05) is 6.16 Å². The maximum Gasteiger partial charge on any atom is -0.0319 e. The van der Waals surface area contributed by atoms with E-state index in [0.29, 0.717) is 0 Å². The van der Waals surface area contributed by atoms with Crippen LogP contribution in [-0.2, 0) is 0 Å². The maximum absolute atomic E-state index is 2.38. The van der Waals surface area contributed by atoms with Gasteiger partial charge in [0, 0.05) is 0 Å². The summed E-state index contributed by atoms with van der Waals surface area (Å²) >= 11 is 0. The first kappa shape index (κ1) is 12.2. The molecule has 0 N–H and O–H groups in total. The fourth-order valence-electron chi connectivity index (χ4n) is 1.05. The quantitative estimate of drug-likeness (QED) is 0.385. The Labute approximate surface area is 79.6 Å². The largest absolute Gasteiger partial charge is 0.0987 e. The molecule has 0 bridgehead atoms. The molecule has 0 saturated heterocycles. The maximum atomic E-state index is 2.38. The zero-order valence-electron chi connectivity index (χ0n) is 8.60. The van der Waals surface area contributed by atoms with Crippen molar-refractivity contribution in [3.05, 3.63) is 11.9 Å². The lowest BCUT2D eigenvalue weighted by atomic mass is 10.2. The van der Waals surface area contributed by atoms with Crippen LogP contribution in [0.2, 0.25) is 0 Å². The van der Waals surface area contributed by atoms with Crippen LogP contribution in [0.1, 0.15) is 52.4 Å². The van der Waals surface area contributed by atoms with Crippen molar-refractivity contribution >= 4 is 8.58 Å². The van der Waals surface area contributed by atoms with Crippen molar-refractivity contribution in [3.8, 4) is 0 Å². The van der Waals surface area contributed by atoms with Gasteiger partial charge in [-0.15, -0.1) is 0 Å². The van der Waals surface area contributed by atoms with Gasteiger partial charge in [-0.05, 0) is 19.0 Å². The van der Waals surface area contributed by atoms with Crippen molar-refractivity contribution < 1.29 is 0 Å². The van der Waals surface area contributed by atoms with Crippen LogP contribution in [-0.4, -0.2) is 6.16 Å². The summed E-state index contributed by atoms with van der Waals surface area (Å²) in [6, 6.07) is 0. The van der Waals surface area contributed by atoms with Crippen molar-refractivity contribution in [1.82, 2.24) is 0 Å². The highest BCUT2D eigenvalue weighted by Gasteiger charge is 1.83. The molecule has 0 fully saturated rings. The van der Waals surface area contributed by atoms with Crippen LogP contribution < -0.4 is 0 Å². The second-order valence-corrected chi connectivity index (χ2v) is 4.45. The standard InChI is InChI=1S/C11H23P/c1-3-5-7-9-11-12-10-8-6-4-2/h9,11-12H,3-8,10H2,1-2H3. The Morgan fingerprint density at radius 3 is 2.42 bits per heavy atom. The number of hydrogen-bond donors (Lipinski definition) is 0. The average molecular weight is 186 g/mol. The zero-order chi connectivity index (χ0) is 9.07. The van der Waals surface area contributed by atoms with Gasteiger partial charge in [-0.25, -0.2) is 0 Å². The Balaban J connectivity index is 2.92. The molecule has 1 heteroatoms. The summed E-state index contributed by atoms with van der Waals surface area (Å²) in [4.78, 5) is 0. The van der Waals surface area contributed by atoms with E-state index in [0.717, 1.165) is 8.58 Å². The molecule has 0 nitrogen and oxygen atoms in total. The number of rotatable bonds is 8. The molecule has 72 valence electrons. The van der Waals surface area contributed by atoms with E-state index in [1.165, 1.54) is 44.7 Å². The lowest BCUT2D eigenvalue weighted by Gasteiger charge is -1.94. The smallest absolute Gasteiger partial charge is 0.0319 e. The second-order valence-electron chi connectivity index (χ2n) is 3.21. The minimum atomic E-state index is 1.07. The summed E-state index contributed by atoms with van der Waals surface area (Å²) < 4.78 is 0. The lowest BCUT2D eigenvalue weighted by Crippen LogP contribution is -1.74. The third-order valence-corrected chi connectivity index (χ3v) is 3.00. The van der Waals surface area contributed by atoms with E-state index in [4.69, 9.17) is 0 Å². The monoisotopic (exact) mass is 186 g/mol. The summed E-state index contributed by atoms with van der Waals surface area (Å²) in [5, 5.41) is 0. The Hall–Kier alpha value is 0.170. The fourth-order valence-corrected chi connectivity index (χ4v) is 2.00. The Bertz CT molecular complexity index is 97.2. The molecule has 1 unspecified atom stereocenters. The van der Waals surface area contributed by atoms with Gasteiger partial charge in [0.25, 0.3) is 0 Å². The van der Waals surface area contributed by atoms with Crippen LogP contribution in [0.4, 0.5) is 0 Å². The third-order valence-electron chi connectivity index (χ3n) is 1.88. The van der Waals surface area contributed by atoms with Crippen molar-refractivity contribution in [1.29, 1.82) is 0 Å². The first-order valence-corrected chi connectivity index (χ1v) is 6.58. The Morgan fingerprint density at radius 1 is 1.00 bits per heavy atom. The normalized spacial score (nSPS) is 12.2. The van der Waals surface area contributed by atoms with E-state index in [1.54, 1.807) is 0 Å². The van der Waals surface area contributed by atoms with Gasteiger partial charge in [-0.2, -0.15) is 0 Å². The van der Waals surface area contributed by atoms with Gasteiger partial charge in [-0.1, -0.05) is 60.0 Å². The first-order valence-electron chi connectivity index (χ1n) is 5.30. The van der Waals surface area contributed by atoms with Gasteiger partial charge in [0.2, 0.25) is 0 Å². The highest BCUT2D eigenvalue weighted by Crippen LogP contribution is 2.15. The molecule has 0 heterocycles. The van der Waals surface area contributed by atoms with Crippen LogP contribution in [0.15, 0.2) is 11.9 Å². The SMILES string of the molecule is CCCCC=CPCCCCC. The Kier molecular flexibility index (Phi) is 11.3. The molecule has 0 aliphatic heterocycles. The van der Waals surface area contributed by atoms with Crippen LogP contribution in [0.25, 0.3) is 0 Å². The van der Waals surface area contributed by atoms with E-state index >= 15 is 0 Å². The first-order chi connectivity index (χ1) is 5.91. The Morgan fingerprint density at radius 2 is 1.75 bits per heavy atom. The summed E-state index contributed by atoms with van der Waals surface area (Å²) in [5.74, 6) is 2.38. The molecule has 0 radical (unpaired) electrons. The van der Waals surface area contributed by atoms with Crippen LogP contribution in [0.3, 0.4) is 0 Å². The molecule has 0 aromatic carbocycles. The van der Waals surface area contributed by atoms with Gasteiger partial charge in [0.05, 0.1) is 0 Å². The molecule has 12 heavy (non-hydrogen) atoms. The van der Waals surface area contributed by atoms with E-state index in [-0.39, 0.29) is 0 Å². The van der Waals surface area contributed by atoms with Crippen molar-refractivity contribution in [3.63, 3.8) is 0 Å². The molecule has 0 aromatic heterocycles. The van der Waals surface area contributed by atoms with Gasteiger partial charge >= 0.3 is 0 Å². The van der Waals surface area contributed by atoms with Gasteiger partial charge in [0.15, 0.2) is 0 Å². The topological polar surface area (TPSA) is 0 Å². The minimum absolute atomic E-state index is 1.07. The van der Waals surface area contributed by atoms with Gasteiger partial charge in [0.1, 0.15) is 0 Å². The predicted octanol–water partition coefficient (Wildman–Crippen LogP) is 4.56. The number of hydrogen-bond acceptors (Lipinski definition) is 0. The fraction of sp³-hybridized carbons (Fsp3) is 0.818. The minimum Gasteiger partial charge on any atom is -0.0987 e. The molecule has 0 aromatic rings. The zero-order valence-corrected chi connectivity index (χ0v) is 9.60. The van der Waals surface area contributed by atoms with Gasteiger partial charge < -0.3 is 0 Å². The van der Waals surface area contributed by atoms with Crippen LogP contribution in [0, 0.1) is 0 Å². The van der Waals surface area contributed by atoms with Crippen LogP contribution >= 0.6 is 8.58 Å². The highest BCUT2D eigenvalue weighted by atomic mass is 31.1. The number of allylic oxidation sites excluding steroid dienone is 1. The summed E-state index contributed by atoms with van der Waals surface area (Å²) in [6.07, 6.45) is 11.9. The summed E-state index contributed by atoms with van der Waals surface area (Å²) in [7, 11) is 1.07. The predicted molar refractivity (Wildman–Crippen MR) is 61.4 cm³/mol. The third kappa shape index (κ3) is 10.2.